The number of nitrogens with one attached hydrogen (secondary N) is 1. The Morgan fingerprint density at radius 3 is 2.52 bits per heavy atom. The molecule has 2 N–H and O–H groups in total. The predicted octanol–water partition coefficient (Wildman–Crippen LogP) is 3.42. The third-order valence-electron chi connectivity index (χ3n) is 4.93. The van der Waals surface area contributed by atoms with Gasteiger partial charge >= 0.3 is 0 Å². The first-order valence-electron chi connectivity index (χ1n) is 9.02. The highest BCUT2D eigenvalue weighted by atomic mass is 16.3. The molecule has 3 nitrogen and oxygen atoms in total. The van der Waals surface area contributed by atoms with Crippen molar-refractivity contribution in [1.82, 2.24) is 10.2 Å². The van der Waals surface area contributed by atoms with E-state index in [-0.39, 0.29) is 12.1 Å². The minimum Gasteiger partial charge on any atom is -0.394 e. The van der Waals surface area contributed by atoms with Gasteiger partial charge < -0.3 is 15.3 Å². The van der Waals surface area contributed by atoms with Gasteiger partial charge in [0.15, 0.2) is 0 Å². The summed E-state index contributed by atoms with van der Waals surface area (Å²) < 4.78 is 0. The van der Waals surface area contributed by atoms with Crippen LogP contribution >= 0.6 is 0 Å². The zero-order valence-corrected chi connectivity index (χ0v) is 15.0. The average molecular weight is 299 g/mol. The van der Waals surface area contributed by atoms with Gasteiger partial charge in [0.2, 0.25) is 0 Å². The van der Waals surface area contributed by atoms with Gasteiger partial charge in [-0.3, -0.25) is 0 Å². The van der Waals surface area contributed by atoms with Gasteiger partial charge in [0.1, 0.15) is 0 Å². The number of aliphatic hydroxyl groups excluding tert-OH is 1. The van der Waals surface area contributed by atoms with E-state index in [1.165, 1.54) is 45.2 Å². The fourth-order valence-corrected chi connectivity index (χ4v) is 3.97. The Morgan fingerprint density at radius 1 is 1.24 bits per heavy atom. The first-order chi connectivity index (χ1) is 9.90. The van der Waals surface area contributed by atoms with Crippen LogP contribution in [0.25, 0.3) is 0 Å². The number of rotatable bonds is 8. The highest BCUT2D eigenvalue weighted by Gasteiger charge is 2.29. The van der Waals surface area contributed by atoms with E-state index in [0.29, 0.717) is 12.1 Å². The van der Waals surface area contributed by atoms with Crippen LogP contribution in [-0.2, 0) is 0 Å². The zero-order chi connectivity index (χ0) is 15.9. The molecule has 1 rings (SSSR count). The summed E-state index contributed by atoms with van der Waals surface area (Å²) in [7, 11) is 0. The van der Waals surface area contributed by atoms with Gasteiger partial charge in [-0.15, -0.1) is 0 Å². The third-order valence-corrected chi connectivity index (χ3v) is 4.93. The van der Waals surface area contributed by atoms with Crippen LogP contribution in [0.2, 0.25) is 0 Å². The molecule has 0 amide bonds. The molecule has 1 aliphatic heterocycles. The van der Waals surface area contributed by atoms with Crippen molar-refractivity contribution < 1.29 is 5.11 Å². The van der Waals surface area contributed by atoms with Crippen molar-refractivity contribution in [2.45, 2.75) is 90.8 Å². The van der Waals surface area contributed by atoms with Crippen LogP contribution in [0.3, 0.4) is 0 Å². The Bertz CT molecular complexity index is 282. The van der Waals surface area contributed by atoms with Gasteiger partial charge in [0.25, 0.3) is 0 Å². The Kier molecular flexibility index (Phi) is 8.22. The van der Waals surface area contributed by atoms with E-state index in [0.717, 1.165) is 12.3 Å². The lowest BCUT2D eigenvalue weighted by Gasteiger charge is -2.37. The second kappa shape index (κ2) is 9.12. The maximum Gasteiger partial charge on any atom is 0.0611 e. The molecule has 1 aliphatic rings. The Morgan fingerprint density at radius 2 is 1.95 bits per heavy atom. The molecule has 1 heterocycles. The third kappa shape index (κ3) is 6.66. The van der Waals surface area contributed by atoms with Crippen LogP contribution in [0.15, 0.2) is 0 Å². The van der Waals surface area contributed by atoms with Gasteiger partial charge in [-0.05, 0) is 58.5 Å². The maximum absolute atomic E-state index is 9.77. The molecule has 3 heteroatoms. The largest absolute Gasteiger partial charge is 0.394 e. The molecular weight excluding hydrogens is 260 g/mol. The minimum absolute atomic E-state index is 0.164. The van der Waals surface area contributed by atoms with Gasteiger partial charge in [-0.2, -0.15) is 0 Å². The molecule has 3 atom stereocenters. The fourth-order valence-electron chi connectivity index (χ4n) is 3.97. The lowest BCUT2D eigenvalue weighted by molar-refractivity contribution is 0.109. The van der Waals surface area contributed by atoms with E-state index < -0.39 is 0 Å². The highest BCUT2D eigenvalue weighted by molar-refractivity contribution is 4.89. The molecular formula is C18H38N2O. The lowest BCUT2D eigenvalue weighted by atomic mass is 9.92. The van der Waals surface area contributed by atoms with Crippen LogP contribution in [0.5, 0.6) is 0 Å². The molecule has 0 aromatic rings. The SMILES string of the molecule is CCCC1CCCN(C(C)CC(C)(CO)NC(C)C)CC1. The predicted molar refractivity (Wildman–Crippen MR) is 91.7 cm³/mol. The molecule has 0 saturated carbocycles. The van der Waals surface area contributed by atoms with Crippen molar-refractivity contribution in [1.29, 1.82) is 0 Å². The van der Waals surface area contributed by atoms with Gasteiger partial charge in [0.05, 0.1) is 6.61 Å². The summed E-state index contributed by atoms with van der Waals surface area (Å²) in [6.45, 7) is 13.8. The van der Waals surface area contributed by atoms with E-state index in [1.807, 2.05) is 0 Å². The number of nitrogens with zero attached hydrogens (tertiary/aromatic N) is 1. The van der Waals surface area contributed by atoms with Crippen molar-refractivity contribution in [3.05, 3.63) is 0 Å². The molecule has 0 aliphatic carbocycles. The summed E-state index contributed by atoms with van der Waals surface area (Å²) in [4.78, 5) is 2.64. The van der Waals surface area contributed by atoms with Crippen LogP contribution in [0, 0.1) is 5.92 Å². The maximum atomic E-state index is 9.77. The quantitative estimate of drug-likeness (QED) is 0.721. The molecule has 1 saturated heterocycles. The van der Waals surface area contributed by atoms with E-state index in [1.54, 1.807) is 0 Å². The fraction of sp³-hybridized carbons (Fsp3) is 1.00. The van der Waals surface area contributed by atoms with Crippen LogP contribution < -0.4 is 5.32 Å². The molecule has 126 valence electrons. The second-order valence-electron chi connectivity index (χ2n) is 7.69. The van der Waals surface area contributed by atoms with Crippen molar-refractivity contribution in [2.24, 2.45) is 5.92 Å². The first-order valence-corrected chi connectivity index (χ1v) is 9.02. The highest BCUT2D eigenvalue weighted by Crippen LogP contribution is 2.25. The van der Waals surface area contributed by atoms with Crippen LogP contribution in [0.4, 0.5) is 0 Å². The van der Waals surface area contributed by atoms with E-state index in [4.69, 9.17) is 0 Å². The monoisotopic (exact) mass is 298 g/mol. The molecule has 0 aromatic heterocycles. The van der Waals surface area contributed by atoms with E-state index in [2.05, 4.69) is 44.8 Å². The van der Waals surface area contributed by atoms with Crippen LogP contribution in [-0.4, -0.2) is 47.3 Å². The normalized spacial score (nSPS) is 25.6. The second-order valence-corrected chi connectivity index (χ2v) is 7.69. The molecule has 0 spiro atoms. The van der Waals surface area contributed by atoms with Gasteiger partial charge in [0, 0.05) is 17.6 Å². The summed E-state index contributed by atoms with van der Waals surface area (Å²) in [5.41, 5.74) is -0.164. The van der Waals surface area contributed by atoms with Gasteiger partial charge in [-0.25, -0.2) is 0 Å². The lowest BCUT2D eigenvalue weighted by Crippen LogP contribution is -2.53. The topological polar surface area (TPSA) is 35.5 Å². The summed E-state index contributed by atoms with van der Waals surface area (Å²) in [5, 5.41) is 13.3. The average Bonchev–Trinajstić information content (AvgIpc) is 2.64. The Balaban J connectivity index is 2.51. The summed E-state index contributed by atoms with van der Waals surface area (Å²) in [6, 6.07) is 0.946. The molecule has 21 heavy (non-hydrogen) atoms. The number of hydrogen-bond acceptors (Lipinski definition) is 3. The Hall–Kier alpha value is -0.120. The Labute approximate surface area is 132 Å². The molecule has 0 aromatic carbocycles. The molecule has 3 unspecified atom stereocenters. The number of hydrogen-bond donors (Lipinski definition) is 2. The number of likely N-dealkylation sites (tertiary alicyclic amines) is 1. The smallest absolute Gasteiger partial charge is 0.0611 e. The van der Waals surface area contributed by atoms with E-state index >= 15 is 0 Å². The van der Waals surface area contributed by atoms with Gasteiger partial charge in [-0.1, -0.05) is 33.6 Å². The minimum atomic E-state index is -0.164. The number of aliphatic hydroxyl groups is 1. The van der Waals surface area contributed by atoms with Crippen LogP contribution in [0.1, 0.15) is 73.1 Å². The summed E-state index contributed by atoms with van der Waals surface area (Å²) in [5.74, 6) is 0.935. The molecule has 1 fully saturated rings. The van der Waals surface area contributed by atoms with Crippen molar-refractivity contribution in [2.75, 3.05) is 19.7 Å². The summed E-state index contributed by atoms with van der Waals surface area (Å²) >= 11 is 0. The first kappa shape index (κ1) is 18.9. The van der Waals surface area contributed by atoms with Crippen molar-refractivity contribution in [3.63, 3.8) is 0 Å². The van der Waals surface area contributed by atoms with Crippen molar-refractivity contribution in [3.8, 4) is 0 Å². The van der Waals surface area contributed by atoms with E-state index in [9.17, 15) is 5.11 Å². The molecule has 0 radical (unpaired) electrons. The molecule has 0 bridgehead atoms. The zero-order valence-electron chi connectivity index (χ0n) is 15.0. The standard InChI is InChI=1S/C18H38N2O/c1-6-8-17-9-7-11-20(12-10-17)16(4)13-18(5,14-21)19-15(2)3/h15-17,19,21H,6-14H2,1-5H3. The van der Waals surface area contributed by atoms with Crippen molar-refractivity contribution >= 4 is 0 Å². The summed E-state index contributed by atoms with van der Waals surface area (Å²) in [6.07, 6.45) is 7.82.